The van der Waals surface area contributed by atoms with Gasteiger partial charge in [0.1, 0.15) is 6.17 Å². The van der Waals surface area contributed by atoms with Crippen molar-refractivity contribution in [3.63, 3.8) is 0 Å². The summed E-state index contributed by atoms with van der Waals surface area (Å²) in [5.41, 5.74) is 0. The molecule has 1 N–H and O–H groups in total. The number of rotatable bonds is 7. The number of nitrogens with one attached hydrogen (secondary N) is 1. The van der Waals surface area contributed by atoms with Crippen LogP contribution in [0.2, 0.25) is 0 Å². The minimum Gasteiger partial charge on any atom is -0.318 e. The predicted molar refractivity (Wildman–Crippen MR) is 89.5 cm³/mol. The van der Waals surface area contributed by atoms with Gasteiger partial charge in [-0.15, -0.1) is 11.3 Å². The van der Waals surface area contributed by atoms with E-state index in [0.29, 0.717) is 6.04 Å². The van der Waals surface area contributed by atoms with Crippen molar-refractivity contribution < 1.29 is 4.79 Å². The molecule has 1 aliphatic heterocycles. The van der Waals surface area contributed by atoms with Crippen molar-refractivity contribution in [2.45, 2.75) is 78.0 Å². The summed E-state index contributed by atoms with van der Waals surface area (Å²) in [6.07, 6.45) is 5.70. The van der Waals surface area contributed by atoms with Crippen molar-refractivity contribution in [2.24, 2.45) is 0 Å². The molecule has 0 spiro atoms. The summed E-state index contributed by atoms with van der Waals surface area (Å²) in [6, 6.07) is 4.59. The summed E-state index contributed by atoms with van der Waals surface area (Å²) in [5.74, 6) is 0.276. The van der Waals surface area contributed by atoms with E-state index in [4.69, 9.17) is 0 Å². The highest BCUT2D eigenvalue weighted by molar-refractivity contribution is 7.12. The van der Waals surface area contributed by atoms with E-state index < -0.39 is 0 Å². The molecule has 118 valence electrons. The van der Waals surface area contributed by atoms with Crippen LogP contribution >= 0.6 is 11.3 Å². The number of nitrogens with zero attached hydrogens (tertiary/aromatic N) is 1. The van der Waals surface area contributed by atoms with Crippen molar-refractivity contribution in [1.82, 2.24) is 10.2 Å². The zero-order valence-electron chi connectivity index (χ0n) is 13.7. The van der Waals surface area contributed by atoms with Crippen molar-refractivity contribution in [3.8, 4) is 0 Å². The van der Waals surface area contributed by atoms with Crippen molar-refractivity contribution in [2.75, 3.05) is 0 Å². The zero-order valence-corrected chi connectivity index (χ0v) is 14.5. The molecule has 0 aliphatic carbocycles. The third-order valence-corrected chi connectivity index (χ3v) is 5.38. The molecule has 0 bridgehead atoms. The average Bonchev–Trinajstić information content (AvgIpc) is 3.02. The quantitative estimate of drug-likeness (QED) is 0.764. The van der Waals surface area contributed by atoms with E-state index in [1.54, 1.807) is 11.3 Å². The highest BCUT2D eigenvalue weighted by atomic mass is 32.1. The molecule has 3 nitrogen and oxygen atoms in total. The summed E-state index contributed by atoms with van der Waals surface area (Å²) in [7, 11) is 0. The lowest BCUT2D eigenvalue weighted by Gasteiger charge is -2.30. The minimum absolute atomic E-state index is 0.0222. The molecule has 2 rings (SSSR count). The van der Waals surface area contributed by atoms with Crippen LogP contribution in [0.15, 0.2) is 12.1 Å². The third kappa shape index (κ3) is 3.67. The van der Waals surface area contributed by atoms with Gasteiger partial charge in [0, 0.05) is 15.8 Å². The monoisotopic (exact) mass is 308 g/mol. The first-order valence-corrected chi connectivity index (χ1v) is 9.04. The van der Waals surface area contributed by atoms with Gasteiger partial charge in [-0.3, -0.25) is 10.1 Å². The molecule has 1 amide bonds. The van der Waals surface area contributed by atoms with Crippen LogP contribution in [0.5, 0.6) is 0 Å². The lowest BCUT2D eigenvalue weighted by Crippen LogP contribution is -2.38. The Morgan fingerprint density at radius 2 is 2.10 bits per heavy atom. The predicted octanol–water partition coefficient (Wildman–Crippen LogP) is 4.23. The standard InChI is InChI=1S/C17H28N2OS/c1-5-7-8-9-12(3)19-16(15-11-10-13(4)21-15)18-14(6-2)17(19)20/h10-12,14,16,18H,5-9H2,1-4H3. The van der Waals surface area contributed by atoms with Crippen LogP contribution < -0.4 is 5.32 Å². The van der Waals surface area contributed by atoms with Crippen LogP contribution in [0.3, 0.4) is 0 Å². The third-order valence-electron chi connectivity index (χ3n) is 4.33. The lowest BCUT2D eigenvalue weighted by atomic mass is 10.1. The van der Waals surface area contributed by atoms with Crippen molar-refractivity contribution in [1.29, 1.82) is 0 Å². The topological polar surface area (TPSA) is 32.3 Å². The molecule has 0 saturated carbocycles. The maximum Gasteiger partial charge on any atom is 0.241 e. The number of hydrogen-bond acceptors (Lipinski definition) is 3. The van der Waals surface area contributed by atoms with Crippen LogP contribution in [-0.4, -0.2) is 22.9 Å². The lowest BCUT2D eigenvalue weighted by molar-refractivity contribution is -0.132. The second-order valence-corrected chi connectivity index (χ2v) is 7.39. The number of amides is 1. The summed E-state index contributed by atoms with van der Waals surface area (Å²) >= 11 is 1.79. The van der Waals surface area contributed by atoms with Gasteiger partial charge < -0.3 is 4.90 Å². The smallest absolute Gasteiger partial charge is 0.241 e. The van der Waals surface area contributed by atoms with E-state index in [2.05, 4.69) is 50.0 Å². The number of thiophene rings is 1. The molecular weight excluding hydrogens is 280 g/mol. The molecule has 0 aromatic carbocycles. The molecule has 3 atom stereocenters. The van der Waals surface area contributed by atoms with Crippen LogP contribution in [0.4, 0.5) is 0 Å². The Morgan fingerprint density at radius 3 is 2.67 bits per heavy atom. The number of unbranched alkanes of at least 4 members (excludes halogenated alkanes) is 2. The molecule has 0 radical (unpaired) electrons. The summed E-state index contributed by atoms with van der Waals surface area (Å²) < 4.78 is 0. The minimum atomic E-state index is -0.0222. The molecule has 1 aromatic rings. The molecule has 21 heavy (non-hydrogen) atoms. The van der Waals surface area contributed by atoms with Gasteiger partial charge in [-0.05, 0) is 38.8 Å². The number of carbonyl (C=O) groups is 1. The van der Waals surface area contributed by atoms with Crippen LogP contribution in [0, 0.1) is 6.92 Å². The number of carbonyl (C=O) groups excluding carboxylic acids is 1. The number of hydrogen-bond donors (Lipinski definition) is 1. The molecule has 4 heteroatoms. The summed E-state index contributed by atoms with van der Waals surface area (Å²) in [4.78, 5) is 17.3. The molecule has 1 aromatic heterocycles. The fraction of sp³-hybridized carbons (Fsp3) is 0.706. The highest BCUT2D eigenvalue weighted by Crippen LogP contribution is 2.33. The van der Waals surface area contributed by atoms with Gasteiger partial charge in [0.2, 0.25) is 5.91 Å². The van der Waals surface area contributed by atoms with Crippen LogP contribution in [0.25, 0.3) is 0 Å². The highest BCUT2D eigenvalue weighted by Gasteiger charge is 2.41. The molecule has 1 fully saturated rings. The second-order valence-electron chi connectivity index (χ2n) is 6.07. The van der Waals surface area contributed by atoms with Crippen LogP contribution in [-0.2, 0) is 4.79 Å². The maximum atomic E-state index is 12.7. The summed E-state index contributed by atoms with van der Waals surface area (Å²) in [5, 5.41) is 3.53. The largest absolute Gasteiger partial charge is 0.318 e. The Hall–Kier alpha value is -0.870. The molecule has 1 saturated heterocycles. The molecular formula is C17H28N2OS. The Balaban J connectivity index is 2.14. The average molecular weight is 308 g/mol. The Labute approximate surface area is 132 Å². The van der Waals surface area contributed by atoms with Gasteiger partial charge in [0.05, 0.1) is 6.04 Å². The van der Waals surface area contributed by atoms with Gasteiger partial charge in [-0.25, -0.2) is 0 Å². The second kappa shape index (κ2) is 7.41. The summed E-state index contributed by atoms with van der Waals surface area (Å²) in [6.45, 7) is 8.62. The molecule has 2 heterocycles. The first-order valence-electron chi connectivity index (χ1n) is 8.23. The van der Waals surface area contributed by atoms with Crippen molar-refractivity contribution in [3.05, 3.63) is 21.9 Å². The van der Waals surface area contributed by atoms with E-state index in [1.165, 1.54) is 29.0 Å². The number of aryl methyl sites for hydroxylation is 1. The first kappa shape index (κ1) is 16.5. The Morgan fingerprint density at radius 1 is 1.33 bits per heavy atom. The fourth-order valence-electron chi connectivity index (χ4n) is 3.06. The van der Waals surface area contributed by atoms with E-state index in [0.717, 1.165) is 12.8 Å². The van der Waals surface area contributed by atoms with Gasteiger partial charge >= 0.3 is 0 Å². The van der Waals surface area contributed by atoms with Crippen LogP contribution in [0.1, 0.15) is 68.8 Å². The Bertz CT molecular complexity index is 471. The molecule has 1 aliphatic rings. The van der Waals surface area contributed by atoms with E-state index >= 15 is 0 Å². The molecule has 3 unspecified atom stereocenters. The van der Waals surface area contributed by atoms with Gasteiger partial charge in [-0.2, -0.15) is 0 Å². The first-order chi connectivity index (χ1) is 10.1. The van der Waals surface area contributed by atoms with Gasteiger partial charge in [0.15, 0.2) is 0 Å². The van der Waals surface area contributed by atoms with E-state index in [1.807, 2.05) is 0 Å². The SMILES string of the molecule is CCCCCC(C)N1C(=O)C(CC)NC1c1ccc(C)s1. The Kier molecular flexibility index (Phi) is 5.82. The fourth-order valence-corrected chi connectivity index (χ4v) is 4.00. The normalized spacial score (nSPS) is 23.8. The van der Waals surface area contributed by atoms with E-state index in [9.17, 15) is 4.79 Å². The van der Waals surface area contributed by atoms with Gasteiger partial charge in [-0.1, -0.05) is 33.1 Å². The maximum absolute atomic E-state index is 12.7. The van der Waals surface area contributed by atoms with Gasteiger partial charge in [0.25, 0.3) is 0 Å². The zero-order chi connectivity index (χ0) is 15.4. The van der Waals surface area contributed by atoms with E-state index in [-0.39, 0.29) is 18.1 Å². The van der Waals surface area contributed by atoms with Crippen molar-refractivity contribution >= 4 is 17.2 Å².